The molecule has 8 heteroatoms. The highest BCUT2D eigenvalue weighted by atomic mass is 79.9. The van der Waals surface area contributed by atoms with Crippen LogP contribution in [0, 0.1) is 13.8 Å². The molecule has 3 aromatic rings. The molecule has 0 saturated carbocycles. The van der Waals surface area contributed by atoms with Crippen molar-refractivity contribution in [2.75, 3.05) is 5.32 Å². The Morgan fingerprint density at radius 1 is 1.00 bits per heavy atom. The first-order valence-electron chi connectivity index (χ1n) is 10.7. The lowest BCUT2D eigenvalue weighted by atomic mass is 10.1. The minimum absolute atomic E-state index is 0.0369. The number of ether oxygens (including phenoxy) is 1. The van der Waals surface area contributed by atoms with Crippen molar-refractivity contribution in [3.63, 3.8) is 0 Å². The van der Waals surface area contributed by atoms with Crippen LogP contribution in [0.1, 0.15) is 35.1 Å². The first-order valence-corrected chi connectivity index (χ1v) is 11.8. The second-order valence-corrected chi connectivity index (χ2v) is 9.06. The Balaban J connectivity index is 1.43. The van der Waals surface area contributed by atoms with E-state index < -0.39 is 0 Å². The van der Waals surface area contributed by atoms with Gasteiger partial charge in [-0.15, -0.1) is 0 Å². The second kappa shape index (κ2) is 12.3. The Morgan fingerprint density at radius 2 is 1.74 bits per heavy atom. The van der Waals surface area contributed by atoms with Crippen LogP contribution in [0.4, 0.5) is 5.69 Å². The van der Waals surface area contributed by atoms with Crippen molar-refractivity contribution in [2.45, 2.75) is 33.3 Å². The predicted molar refractivity (Wildman–Crippen MR) is 139 cm³/mol. The van der Waals surface area contributed by atoms with E-state index in [4.69, 9.17) is 16.3 Å². The van der Waals surface area contributed by atoms with Crippen molar-refractivity contribution in [2.24, 2.45) is 5.10 Å². The van der Waals surface area contributed by atoms with Gasteiger partial charge in [-0.05, 0) is 88.4 Å². The molecule has 3 rings (SSSR count). The first kappa shape index (κ1) is 25.5. The molecule has 0 aliphatic rings. The molecule has 3 aromatic carbocycles. The third-order valence-electron chi connectivity index (χ3n) is 4.91. The minimum Gasteiger partial charge on any atom is -0.488 e. The van der Waals surface area contributed by atoms with E-state index in [1.54, 1.807) is 0 Å². The third-order valence-corrected chi connectivity index (χ3v) is 5.78. The predicted octanol–water partition coefficient (Wildman–Crippen LogP) is 6.17. The molecule has 0 aliphatic carbocycles. The monoisotopic (exact) mass is 541 g/mol. The molecule has 176 valence electrons. The molecule has 0 atom stereocenters. The number of amides is 2. The maximum Gasteiger partial charge on any atom is 0.240 e. The van der Waals surface area contributed by atoms with Gasteiger partial charge in [-0.1, -0.05) is 35.9 Å². The van der Waals surface area contributed by atoms with Gasteiger partial charge in [-0.3, -0.25) is 9.59 Å². The molecule has 6 nitrogen and oxygen atoms in total. The summed E-state index contributed by atoms with van der Waals surface area (Å²) in [6.45, 7) is 4.30. The Labute approximate surface area is 212 Å². The van der Waals surface area contributed by atoms with E-state index in [1.165, 1.54) is 6.21 Å². The van der Waals surface area contributed by atoms with Crippen molar-refractivity contribution in [3.05, 3.63) is 92.4 Å². The van der Waals surface area contributed by atoms with Gasteiger partial charge in [0.2, 0.25) is 11.8 Å². The Kier molecular flexibility index (Phi) is 9.24. The molecule has 0 aromatic heterocycles. The van der Waals surface area contributed by atoms with E-state index in [1.807, 2.05) is 74.5 Å². The fourth-order valence-electron chi connectivity index (χ4n) is 3.00. The van der Waals surface area contributed by atoms with Gasteiger partial charge in [0.25, 0.3) is 0 Å². The van der Waals surface area contributed by atoms with Gasteiger partial charge in [-0.25, -0.2) is 5.43 Å². The van der Waals surface area contributed by atoms with E-state index in [0.717, 1.165) is 32.4 Å². The molecule has 34 heavy (non-hydrogen) atoms. The molecular weight excluding hydrogens is 518 g/mol. The summed E-state index contributed by atoms with van der Waals surface area (Å²) >= 11 is 9.39. The highest BCUT2D eigenvalue weighted by Crippen LogP contribution is 2.26. The molecule has 0 bridgehead atoms. The third kappa shape index (κ3) is 8.01. The highest BCUT2D eigenvalue weighted by Gasteiger charge is 2.09. The summed E-state index contributed by atoms with van der Waals surface area (Å²) in [5.74, 6) is 0.131. The van der Waals surface area contributed by atoms with Crippen molar-refractivity contribution in [1.82, 2.24) is 5.43 Å². The van der Waals surface area contributed by atoms with Crippen molar-refractivity contribution in [1.29, 1.82) is 0 Å². The Morgan fingerprint density at radius 3 is 2.47 bits per heavy atom. The number of rotatable bonds is 9. The van der Waals surface area contributed by atoms with Gasteiger partial charge < -0.3 is 10.1 Å². The standard InChI is InChI=1S/C26H25BrClN3O3/c1-17-3-4-18(2)23(13-17)30-25(32)11-12-26(33)31-29-15-20-7-10-24(22(27)14-20)34-16-19-5-8-21(28)9-6-19/h3-10,13-15H,11-12,16H2,1-2H3,(H,30,32)(H,31,33). The minimum atomic E-state index is -0.339. The fraction of sp³-hybridized carbons (Fsp3) is 0.192. The zero-order valence-electron chi connectivity index (χ0n) is 18.9. The maximum atomic E-state index is 12.2. The molecule has 0 spiro atoms. The summed E-state index contributed by atoms with van der Waals surface area (Å²) in [6, 6.07) is 18.8. The first-order chi connectivity index (χ1) is 16.3. The van der Waals surface area contributed by atoms with Gasteiger partial charge in [0.05, 0.1) is 10.7 Å². The summed E-state index contributed by atoms with van der Waals surface area (Å²) in [4.78, 5) is 24.2. The number of carbonyl (C=O) groups excluding carboxylic acids is 2. The number of nitrogens with zero attached hydrogens (tertiary/aromatic N) is 1. The summed E-state index contributed by atoms with van der Waals surface area (Å²) in [7, 11) is 0. The number of carbonyl (C=O) groups is 2. The van der Waals surface area contributed by atoms with Crippen molar-refractivity contribution < 1.29 is 14.3 Å². The van der Waals surface area contributed by atoms with Crippen LogP contribution in [0.25, 0.3) is 0 Å². The number of benzene rings is 3. The molecule has 0 fully saturated rings. The van der Waals surface area contributed by atoms with Gasteiger partial charge >= 0.3 is 0 Å². The van der Waals surface area contributed by atoms with Crippen LogP contribution in [-0.2, 0) is 16.2 Å². The van der Waals surface area contributed by atoms with Gasteiger partial charge in [-0.2, -0.15) is 5.10 Å². The van der Waals surface area contributed by atoms with Crippen LogP contribution in [0.15, 0.2) is 70.2 Å². The molecule has 0 aliphatic heterocycles. The number of halogens is 2. The van der Waals surface area contributed by atoms with E-state index >= 15 is 0 Å². The van der Waals surface area contributed by atoms with Crippen LogP contribution in [-0.4, -0.2) is 18.0 Å². The average molecular weight is 543 g/mol. The lowest BCUT2D eigenvalue weighted by molar-refractivity contribution is -0.124. The summed E-state index contributed by atoms with van der Waals surface area (Å²) in [5.41, 5.74) is 7.02. The van der Waals surface area contributed by atoms with Crippen LogP contribution in [0.2, 0.25) is 5.02 Å². The number of nitrogens with one attached hydrogen (secondary N) is 2. The summed E-state index contributed by atoms with van der Waals surface area (Å²) in [6.07, 6.45) is 1.64. The zero-order chi connectivity index (χ0) is 24.5. The summed E-state index contributed by atoms with van der Waals surface area (Å²) in [5, 5.41) is 7.50. The van der Waals surface area contributed by atoms with E-state index in [-0.39, 0.29) is 24.7 Å². The normalized spacial score (nSPS) is 10.8. The van der Waals surface area contributed by atoms with Crippen LogP contribution < -0.4 is 15.5 Å². The van der Waals surface area contributed by atoms with Crippen LogP contribution in [0.5, 0.6) is 5.75 Å². The van der Waals surface area contributed by atoms with Gasteiger partial charge in [0.15, 0.2) is 0 Å². The number of hydrogen-bond donors (Lipinski definition) is 2. The number of aryl methyl sites for hydroxylation is 2. The Hall–Kier alpha value is -3.16. The molecule has 0 saturated heterocycles. The van der Waals surface area contributed by atoms with Gasteiger partial charge in [0.1, 0.15) is 12.4 Å². The van der Waals surface area contributed by atoms with Crippen LogP contribution >= 0.6 is 27.5 Å². The molecule has 0 heterocycles. The van der Waals surface area contributed by atoms with Gasteiger partial charge in [0, 0.05) is 23.6 Å². The molecule has 0 unspecified atom stereocenters. The molecular formula is C26H25BrClN3O3. The second-order valence-electron chi connectivity index (χ2n) is 7.76. The van der Waals surface area contributed by atoms with E-state index in [0.29, 0.717) is 17.4 Å². The molecule has 0 radical (unpaired) electrons. The SMILES string of the molecule is Cc1ccc(C)c(NC(=O)CCC(=O)NN=Cc2ccc(OCc3ccc(Cl)cc3)c(Br)c2)c1. The van der Waals surface area contributed by atoms with Crippen LogP contribution in [0.3, 0.4) is 0 Å². The highest BCUT2D eigenvalue weighted by molar-refractivity contribution is 9.10. The topological polar surface area (TPSA) is 79.8 Å². The van der Waals surface area contributed by atoms with E-state index in [9.17, 15) is 9.59 Å². The number of hydrogen-bond acceptors (Lipinski definition) is 4. The maximum absolute atomic E-state index is 12.2. The summed E-state index contributed by atoms with van der Waals surface area (Å²) < 4.78 is 6.59. The van der Waals surface area contributed by atoms with Crippen molar-refractivity contribution >= 4 is 51.2 Å². The number of hydrazone groups is 1. The molecule has 2 amide bonds. The Bertz CT molecular complexity index is 1200. The number of anilines is 1. The lowest BCUT2D eigenvalue weighted by Crippen LogP contribution is -2.20. The smallest absolute Gasteiger partial charge is 0.240 e. The van der Waals surface area contributed by atoms with E-state index in [2.05, 4.69) is 31.8 Å². The lowest BCUT2D eigenvalue weighted by Gasteiger charge is -2.09. The zero-order valence-corrected chi connectivity index (χ0v) is 21.2. The fourth-order valence-corrected chi connectivity index (χ4v) is 3.64. The average Bonchev–Trinajstić information content (AvgIpc) is 2.80. The largest absolute Gasteiger partial charge is 0.488 e. The quantitative estimate of drug-likeness (QED) is 0.251. The van der Waals surface area contributed by atoms with Crippen molar-refractivity contribution in [3.8, 4) is 5.75 Å². The molecule has 2 N–H and O–H groups in total.